The summed E-state index contributed by atoms with van der Waals surface area (Å²) >= 11 is 0. The number of anilines is 2. The first kappa shape index (κ1) is 22.1. The van der Waals surface area contributed by atoms with E-state index in [-0.39, 0.29) is 24.5 Å². The fraction of sp³-hybridized carbons (Fsp3) is 0.172. The van der Waals surface area contributed by atoms with Gasteiger partial charge < -0.3 is 14.8 Å². The highest BCUT2D eigenvalue weighted by atomic mass is 19.1. The van der Waals surface area contributed by atoms with Crippen LogP contribution in [0.15, 0.2) is 97.2 Å². The molecule has 0 saturated heterocycles. The number of urea groups is 1. The Morgan fingerprint density at radius 2 is 1.64 bits per heavy atom. The molecule has 1 N–H and O–H groups in total. The molecule has 3 amide bonds. The third kappa shape index (κ3) is 4.02. The summed E-state index contributed by atoms with van der Waals surface area (Å²) in [6.45, 7) is -0.0792. The molecular weight excluding hydrogens is 455 g/mol. The molecule has 180 valence electrons. The van der Waals surface area contributed by atoms with Crippen molar-refractivity contribution < 1.29 is 14.0 Å². The van der Waals surface area contributed by atoms with Gasteiger partial charge in [0.25, 0.3) is 0 Å². The van der Waals surface area contributed by atoms with Gasteiger partial charge in [0.05, 0.1) is 17.1 Å². The minimum atomic E-state index is -0.430. The number of nitrogens with zero attached hydrogens (tertiary/aromatic N) is 3. The predicted molar refractivity (Wildman–Crippen MR) is 137 cm³/mol. The maximum atomic E-state index is 14.1. The summed E-state index contributed by atoms with van der Waals surface area (Å²) in [6.07, 6.45) is 3.69. The highest BCUT2D eigenvalue weighted by Gasteiger charge is 2.40. The van der Waals surface area contributed by atoms with Crippen molar-refractivity contribution >= 4 is 23.3 Å². The van der Waals surface area contributed by atoms with Gasteiger partial charge in [0.2, 0.25) is 5.91 Å². The lowest BCUT2D eigenvalue weighted by molar-refractivity contribution is -0.119. The third-order valence-corrected chi connectivity index (χ3v) is 6.73. The van der Waals surface area contributed by atoms with Crippen LogP contribution in [0.1, 0.15) is 30.1 Å². The lowest BCUT2D eigenvalue weighted by Crippen LogP contribution is -2.48. The largest absolute Gasteiger partial charge is 0.322 e. The maximum absolute atomic E-state index is 14.1. The average molecular weight is 481 g/mol. The fourth-order valence-electron chi connectivity index (χ4n) is 4.95. The Hall–Kier alpha value is -4.39. The van der Waals surface area contributed by atoms with Crippen LogP contribution in [0.2, 0.25) is 0 Å². The second kappa shape index (κ2) is 9.00. The molecule has 6 nitrogen and oxygen atoms in total. The van der Waals surface area contributed by atoms with Gasteiger partial charge in [-0.3, -0.25) is 9.69 Å². The molecule has 0 spiro atoms. The van der Waals surface area contributed by atoms with Crippen molar-refractivity contribution in [3.8, 4) is 5.69 Å². The number of halogens is 1. The molecule has 1 fully saturated rings. The molecule has 2 heterocycles. The minimum absolute atomic E-state index is 0.0124. The fourth-order valence-corrected chi connectivity index (χ4v) is 4.95. The van der Waals surface area contributed by atoms with Gasteiger partial charge in [-0.2, -0.15) is 0 Å². The van der Waals surface area contributed by atoms with Crippen LogP contribution in [0.3, 0.4) is 0 Å². The van der Waals surface area contributed by atoms with Gasteiger partial charge >= 0.3 is 6.03 Å². The van der Waals surface area contributed by atoms with Crippen LogP contribution in [0.4, 0.5) is 20.6 Å². The standard InChI is InChI=1S/C29H25FN4O2/c30-21-10-6-11-22(18-21)31-29(36)33(23-15-16-23)19-27(35)34-25-13-5-4-12-24(25)32-17-7-14-26(32)28(34)20-8-2-1-3-9-20/h1-14,17-18,23,28H,15-16,19H2,(H,31,36). The summed E-state index contributed by atoms with van der Waals surface area (Å²) in [7, 11) is 0. The van der Waals surface area contributed by atoms with Crippen LogP contribution in [0.5, 0.6) is 0 Å². The number of rotatable bonds is 5. The molecule has 1 aliphatic heterocycles. The lowest BCUT2D eigenvalue weighted by atomic mass is 9.97. The van der Waals surface area contributed by atoms with Crippen LogP contribution in [0, 0.1) is 5.82 Å². The Kier molecular flexibility index (Phi) is 5.52. The van der Waals surface area contributed by atoms with E-state index in [2.05, 4.69) is 9.88 Å². The van der Waals surface area contributed by atoms with E-state index in [1.807, 2.05) is 77.8 Å². The molecule has 1 aliphatic carbocycles. The topological polar surface area (TPSA) is 57.6 Å². The summed E-state index contributed by atoms with van der Waals surface area (Å²) in [5.41, 5.74) is 4.04. The van der Waals surface area contributed by atoms with Crippen LogP contribution in [-0.4, -0.2) is 34.0 Å². The van der Waals surface area contributed by atoms with Gasteiger partial charge in [-0.25, -0.2) is 9.18 Å². The van der Waals surface area contributed by atoms with Crippen molar-refractivity contribution in [3.63, 3.8) is 0 Å². The monoisotopic (exact) mass is 480 g/mol. The highest BCUT2D eigenvalue weighted by molar-refractivity contribution is 6.01. The average Bonchev–Trinajstić information content (AvgIpc) is 3.61. The first-order chi connectivity index (χ1) is 17.6. The summed E-state index contributed by atoms with van der Waals surface area (Å²) in [4.78, 5) is 30.6. The van der Waals surface area contributed by atoms with E-state index in [9.17, 15) is 14.0 Å². The number of benzene rings is 3. The van der Waals surface area contributed by atoms with Gasteiger partial charge in [-0.1, -0.05) is 48.5 Å². The zero-order valence-electron chi connectivity index (χ0n) is 19.5. The van der Waals surface area contributed by atoms with E-state index >= 15 is 0 Å². The molecule has 4 aromatic rings. The van der Waals surface area contributed by atoms with Crippen molar-refractivity contribution in [3.05, 3.63) is 114 Å². The normalized spacial score (nSPS) is 16.1. The number of hydrogen-bond acceptors (Lipinski definition) is 2. The summed E-state index contributed by atoms with van der Waals surface area (Å²) in [5.74, 6) is -0.606. The van der Waals surface area contributed by atoms with E-state index in [4.69, 9.17) is 0 Å². The second-order valence-electron chi connectivity index (χ2n) is 9.17. The molecule has 2 aliphatic rings. The molecule has 1 atom stereocenters. The van der Waals surface area contributed by atoms with E-state index in [0.717, 1.165) is 35.5 Å². The smallest absolute Gasteiger partial charge is 0.316 e. The SMILES string of the molecule is O=C(Nc1cccc(F)c1)N(CC(=O)N1c2ccccc2-n2cccc2C1c1ccccc1)C1CC1. The lowest BCUT2D eigenvalue weighted by Gasteiger charge is -2.39. The van der Waals surface area contributed by atoms with Crippen molar-refractivity contribution in [2.75, 3.05) is 16.8 Å². The first-order valence-electron chi connectivity index (χ1n) is 12.1. The molecule has 36 heavy (non-hydrogen) atoms. The number of para-hydroxylation sites is 2. The highest BCUT2D eigenvalue weighted by Crippen LogP contribution is 2.42. The number of hydrogen-bond donors (Lipinski definition) is 1. The quantitative estimate of drug-likeness (QED) is 0.396. The molecule has 0 radical (unpaired) electrons. The number of carbonyl (C=O) groups excluding carboxylic acids is 2. The van der Waals surface area contributed by atoms with Crippen LogP contribution < -0.4 is 10.2 Å². The molecule has 7 heteroatoms. The molecule has 1 aromatic heterocycles. The van der Waals surface area contributed by atoms with Gasteiger partial charge in [0, 0.05) is 17.9 Å². The molecular formula is C29H25FN4O2. The van der Waals surface area contributed by atoms with Crippen molar-refractivity contribution in [2.24, 2.45) is 0 Å². The Balaban J connectivity index is 1.35. The first-order valence-corrected chi connectivity index (χ1v) is 12.1. The van der Waals surface area contributed by atoms with Gasteiger partial charge in [0.1, 0.15) is 18.4 Å². The molecule has 0 bridgehead atoms. The molecule has 1 saturated carbocycles. The van der Waals surface area contributed by atoms with Crippen LogP contribution >= 0.6 is 0 Å². The van der Waals surface area contributed by atoms with E-state index in [1.54, 1.807) is 17.0 Å². The summed E-state index contributed by atoms with van der Waals surface area (Å²) in [6, 6.07) is 26.8. The zero-order valence-corrected chi connectivity index (χ0v) is 19.5. The predicted octanol–water partition coefficient (Wildman–Crippen LogP) is 5.75. The number of amides is 3. The molecule has 1 unspecified atom stereocenters. The van der Waals surface area contributed by atoms with Crippen molar-refractivity contribution in [2.45, 2.75) is 24.9 Å². The summed E-state index contributed by atoms with van der Waals surface area (Å²) in [5, 5.41) is 2.76. The summed E-state index contributed by atoms with van der Waals surface area (Å²) < 4.78 is 15.8. The van der Waals surface area contributed by atoms with E-state index in [0.29, 0.717) is 5.69 Å². The van der Waals surface area contributed by atoms with E-state index in [1.165, 1.54) is 12.1 Å². The maximum Gasteiger partial charge on any atom is 0.322 e. The van der Waals surface area contributed by atoms with Gasteiger partial charge in [-0.15, -0.1) is 0 Å². The van der Waals surface area contributed by atoms with Crippen molar-refractivity contribution in [1.29, 1.82) is 0 Å². The Labute approximate surface area is 208 Å². The van der Waals surface area contributed by atoms with Gasteiger partial charge in [0.15, 0.2) is 0 Å². The number of aromatic nitrogens is 1. The van der Waals surface area contributed by atoms with Crippen molar-refractivity contribution in [1.82, 2.24) is 9.47 Å². The van der Waals surface area contributed by atoms with Crippen LogP contribution in [0.25, 0.3) is 5.69 Å². The van der Waals surface area contributed by atoms with Gasteiger partial charge in [-0.05, 0) is 60.9 Å². The Bertz CT molecular complexity index is 1430. The molecule has 6 rings (SSSR count). The third-order valence-electron chi connectivity index (χ3n) is 6.73. The minimum Gasteiger partial charge on any atom is -0.316 e. The zero-order chi connectivity index (χ0) is 24.6. The number of nitrogens with one attached hydrogen (secondary N) is 1. The van der Waals surface area contributed by atoms with Crippen LogP contribution in [-0.2, 0) is 4.79 Å². The Morgan fingerprint density at radius 3 is 2.39 bits per heavy atom. The number of carbonyl (C=O) groups is 2. The number of fused-ring (bicyclic) bond motifs is 3. The molecule has 3 aromatic carbocycles. The Morgan fingerprint density at radius 1 is 0.889 bits per heavy atom. The second-order valence-corrected chi connectivity index (χ2v) is 9.17. The van der Waals surface area contributed by atoms with E-state index < -0.39 is 11.8 Å².